The van der Waals surface area contributed by atoms with Gasteiger partial charge in [0.15, 0.2) is 0 Å². The van der Waals surface area contributed by atoms with Crippen molar-refractivity contribution in [3.05, 3.63) is 16.0 Å². The maximum Gasteiger partial charge on any atom is 0.338 e. The Kier molecular flexibility index (Phi) is 5.97. The molecule has 0 aromatic carbocycles. The van der Waals surface area contributed by atoms with Crippen LogP contribution in [0.25, 0.3) is 0 Å². The van der Waals surface area contributed by atoms with Crippen molar-refractivity contribution in [1.29, 1.82) is 0 Å². The number of aromatic carboxylic acids is 1. The van der Waals surface area contributed by atoms with Crippen LogP contribution in [-0.2, 0) is 27.8 Å². The molecule has 2 rings (SSSR count). The molecule has 0 radical (unpaired) electrons. The summed E-state index contributed by atoms with van der Waals surface area (Å²) in [6.07, 6.45) is 1.08. The second kappa shape index (κ2) is 7.60. The van der Waals surface area contributed by atoms with E-state index in [1.165, 1.54) is 4.90 Å². The van der Waals surface area contributed by atoms with Gasteiger partial charge in [0.25, 0.3) is 10.0 Å². The summed E-state index contributed by atoms with van der Waals surface area (Å²) >= 11 is 0.997. The molecule has 0 saturated carbocycles. The number of carboxylic acids is 1. The molecule has 0 bridgehead atoms. The predicted octanol–water partition coefficient (Wildman–Crippen LogP) is 0.239. The highest BCUT2D eigenvalue weighted by Crippen LogP contribution is 2.34. The first-order valence-electron chi connectivity index (χ1n) is 7.52. The number of hydrogen-bond acceptors (Lipinski definition) is 6. The van der Waals surface area contributed by atoms with Gasteiger partial charge in [-0.3, -0.25) is 4.79 Å². The van der Waals surface area contributed by atoms with Crippen LogP contribution in [0.2, 0.25) is 0 Å². The summed E-state index contributed by atoms with van der Waals surface area (Å²) in [5.74, 6) is -1.31. The van der Waals surface area contributed by atoms with Gasteiger partial charge in [0.05, 0.1) is 5.56 Å². The van der Waals surface area contributed by atoms with Gasteiger partial charge in [-0.05, 0) is 24.9 Å². The largest absolute Gasteiger partial charge is 0.478 e. The number of carboxylic acid groups (broad SMARTS) is 1. The molecule has 1 amide bonds. The summed E-state index contributed by atoms with van der Waals surface area (Å²) in [5.41, 5.74) is 0.489. The molecule has 3 N–H and O–H groups in total. The van der Waals surface area contributed by atoms with E-state index < -0.39 is 16.0 Å². The van der Waals surface area contributed by atoms with Gasteiger partial charge >= 0.3 is 5.97 Å². The first-order chi connectivity index (χ1) is 11.2. The van der Waals surface area contributed by atoms with E-state index in [4.69, 9.17) is 0 Å². The van der Waals surface area contributed by atoms with E-state index in [0.29, 0.717) is 31.5 Å². The number of hydrogen-bond donors (Lipinski definition) is 3. The Morgan fingerprint density at radius 2 is 2.08 bits per heavy atom. The molecule has 1 aromatic heterocycles. The minimum atomic E-state index is -3.91. The van der Waals surface area contributed by atoms with Crippen molar-refractivity contribution in [3.63, 3.8) is 0 Å². The molecule has 1 aliphatic rings. The summed E-state index contributed by atoms with van der Waals surface area (Å²) in [7, 11) is -0.644. The highest BCUT2D eigenvalue weighted by atomic mass is 32.2. The molecular weight excluding hydrogens is 354 g/mol. The van der Waals surface area contributed by atoms with E-state index in [2.05, 4.69) is 10.0 Å². The van der Waals surface area contributed by atoms with E-state index in [1.807, 2.05) is 0 Å². The topological polar surface area (TPSA) is 116 Å². The normalized spacial score (nSPS) is 14.2. The van der Waals surface area contributed by atoms with Gasteiger partial charge in [-0.2, -0.15) is 0 Å². The zero-order valence-electron chi connectivity index (χ0n) is 13.6. The number of rotatable bonds is 7. The number of amides is 1. The van der Waals surface area contributed by atoms with Crippen LogP contribution in [0.3, 0.4) is 0 Å². The second-order valence-corrected chi connectivity index (χ2v) is 8.76. The van der Waals surface area contributed by atoms with E-state index in [-0.39, 0.29) is 28.6 Å². The molecule has 1 aliphatic heterocycles. The lowest BCUT2D eigenvalue weighted by molar-refractivity contribution is -0.128. The molecule has 1 aromatic rings. The van der Waals surface area contributed by atoms with Gasteiger partial charge < -0.3 is 15.3 Å². The summed E-state index contributed by atoms with van der Waals surface area (Å²) in [6.45, 7) is 1.19. The molecule has 0 unspecified atom stereocenters. The zero-order chi connectivity index (χ0) is 17.9. The molecule has 24 heavy (non-hydrogen) atoms. The predicted molar refractivity (Wildman–Crippen MR) is 89.8 cm³/mol. The third-order valence-electron chi connectivity index (χ3n) is 3.71. The van der Waals surface area contributed by atoms with Crippen molar-refractivity contribution in [1.82, 2.24) is 14.9 Å². The van der Waals surface area contributed by atoms with E-state index >= 15 is 0 Å². The number of fused-ring (bicyclic) bond motifs is 1. The Bertz CT molecular complexity index is 740. The van der Waals surface area contributed by atoms with E-state index in [0.717, 1.165) is 16.2 Å². The second-order valence-electron chi connectivity index (χ2n) is 5.69. The molecular formula is C14H21N3O5S2. The maximum atomic E-state index is 12.5. The molecule has 8 nitrogen and oxygen atoms in total. The molecule has 0 saturated heterocycles. The van der Waals surface area contributed by atoms with Crippen molar-refractivity contribution in [2.24, 2.45) is 0 Å². The number of sulfonamides is 1. The Morgan fingerprint density at radius 1 is 1.38 bits per heavy atom. The van der Waals surface area contributed by atoms with Gasteiger partial charge in [-0.15, -0.1) is 11.3 Å². The molecule has 0 fully saturated rings. The molecule has 10 heteroatoms. The average Bonchev–Trinajstić information content (AvgIpc) is 2.91. The number of thiophene rings is 1. The van der Waals surface area contributed by atoms with Crippen LogP contribution < -0.4 is 10.0 Å². The van der Waals surface area contributed by atoms with Crippen LogP contribution >= 0.6 is 11.3 Å². The van der Waals surface area contributed by atoms with Crippen molar-refractivity contribution in [2.75, 3.05) is 27.2 Å². The van der Waals surface area contributed by atoms with Crippen LogP contribution in [0.4, 0.5) is 0 Å². The van der Waals surface area contributed by atoms with Gasteiger partial charge in [0, 0.05) is 38.5 Å². The first kappa shape index (κ1) is 18.8. The molecule has 0 atom stereocenters. The van der Waals surface area contributed by atoms with Crippen LogP contribution in [0.15, 0.2) is 4.21 Å². The third-order valence-corrected chi connectivity index (χ3v) is 6.92. The fourth-order valence-electron chi connectivity index (χ4n) is 2.45. The molecule has 0 spiro atoms. The Labute approximate surface area is 144 Å². The minimum Gasteiger partial charge on any atom is -0.478 e. The lowest BCUT2D eigenvalue weighted by Gasteiger charge is -2.12. The molecule has 134 valence electrons. The average molecular weight is 375 g/mol. The van der Waals surface area contributed by atoms with Gasteiger partial charge in [-0.1, -0.05) is 0 Å². The highest BCUT2D eigenvalue weighted by molar-refractivity contribution is 7.91. The first-order valence-corrected chi connectivity index (χ1v) is 9.82. The maximum absolute atomic E-state index is 12.5. The van der Waals surface area contributed by atoms with Gasteiger partial charge in [-0.25, -0.2) is 17.9 Å². The van der Waals surface area contributed by atoms with Gasteiger partial charge in [0.2, 0.25) is 5.91 Å². The SMILES string of the molecule is CN(C)C(=O)CCCNS(=O)(=O)c1sc2c(c1C(=O)O)CCNC2. The quantitative estimate of drug-likeness (QED) is 0.588. The zero-order valence-corrected chi connectivity index (χ0v) is 15.2. The summed E-state index contributed by atoms with van der Waals surface area (Å²) in [6, 6.07) is 0. The van der Waals surface area contributed by atoms with Crippen LogP contribution in [0.1, 0.15) is 33.6 Å². The smallest absolute Gasteiger partial charge is 0.338 e. The standard InChI is InChI=1S/C14H21N3O5S2/c1-17(2)11(18)4-3-6-16-24(21,22)14-12(13(19)20)9-5-7-15-8-10(9)23-14/h15-16H,3-8H2,1-2H3,(H,19,20). The van der Waals surface area contributed by atoms with Crippen molar-refractivity contribution in [2.45, 2.75) is 30.0 Å². The summed E-state index contributed by atoms with van der Waals surface area (Å²) in [4.78, 5) is 25.2. The van der Waals surface area contributed by atoms with Crippen LogP contribution in [0.5, 0.6) is 0 Å². The third kappa shape index (κ3) is 4.12. The summed E-state index contributed by atoms with van der Waals surface area (Å²) in [5, 5.41) is 12.5. The van der Waals surface area contributed by atoms with Gasteiger partial charge in [0.1, 0.15) is 4.21 Å². The monoisotopic (exact) mass is 375 g/mol. The summed E-state index contributed by atoms with van der Waals surface area (Å²) < 4.78 is 27.2. The van der Waals surface area contributed by atoms with Crippen LogP contribution in [0, 0.1) is 0 Å². The number of nitrogens with zero attached hydrogens (tertiary/aromatic N) is 1. The Morgan fingerprint density at radius 3 is 2.71 bits per heavy atom. The lowest BCUT2D eigenvalue weighted by atomic mass is 10.1. The van der Waals surface area contributed by atoms with Crippen LogP contribution in [-0.4, -0.2) is 57.5 Å². The van der Waals surface area contributed by atoms with Crippen molar-refractivity contribution in [3.8, 4) is 0 Å². The highest BCUT2D eigenvalue weighted by Gasteiger charge is 2.31. The molecule has 2 heterocycles. The molecule has 0 aliphatic carbocycles. The lowest BCUT2D eigenvalue weighted by Crippen LogP contribution is -2.28. The fourth-order valence-corrected chi connectivity index (χ4v) is 5.43. The van der Waals surface area contributed by atoms with E-state index in [9.17, 15) is 23.1 Å². The number of carbonyl (C=O) groups excluding carboxylic acids is 1. The fraction of sp³-hybridized carbons (Fsp3) is 0.571. The number of carbonyl (C=O) groups is 2. The Hall–Kier alpha value is -1.49. The number of nitrogens with one attached hydrogen (secondary N) is 2. The van der Waals surface area contributed by atoms with Crippen molar-refractivity contribution < 1.29 is 23.1 Å². The minimum absolute atomic E-state index is 0.0851. The Balaban J connectivity index is 2.13. The van der Waals surface area contributed by atoms with Crippen molar-refractivity contribution >= 4 is 33.2 Å². The van der Waals surface area contributed by atoms with E-state index in [1.54, 1.807) is 14.1 Å².